The van der Waals surface area contributed by atoms with E-state index in [1.54, 1.807) is 7.05 Å². The summed E-state index contributed by atoms with van der Waals surface area (Å²) in [5, 5.41) is 16.7. The summed E-state index contributed by atoms with van der Waals surface area (Å²) in [5.41, 5.74) is -0.271. The van der Waals surface area contributed by atoms with Crippen molar-refractivity contribution >= 4 is 21.7 Å². The number of rotatable bonds is 7. The molecule has 1 aromatic rings. The highest BCUT2D eigenvalue weighted by Gasteiger charge is 2.16. The molecule has 0 saturated heterocycles. The molecule has 10 heteroatoms. The Balaban J connectivity index is 2.60. The minimum absolute atomic E-state index is 0.115. The molecule has 0 amide bonds. The molecule has 0 spiro atoms. The average molecular weight is 343 g/mol. The number of sulfonamides is 1. The molecule has 0 unspecified atom stereocenters. The second kappa shape index (κ2) is 8.44. The van der Waals surface area contributed by atoms with Gasteiger partial charge in [-0.1, -0.05) is 6.07 Å². The molecule has 3 N–H and O–H groups in total. The molecule has 1 rings (SSSR count). The molecule has 0 saturated carbocycles. The number of nitrogens with zero attached hydrogens (tertiary/aromatic N) is 2. The lowest BCUT2D eigenvalue weighted by atomic mass is 10.3. The van der Waals surface area contributed by atoms with E-state index in [2.05, 4.69) is 20.3 Å². The zero-order chi connectivity index (χ0) is 17.5. The molecule has 0 radical (unpaired) electrons. The van der Waals surface area contributed by atoms with Crippen molar-refractivity contribution in [2.24, 2.45) is 4.99 Å². The summed E-state index contributed by atoms with van der Waals surface area (Å²) < 4.78 is 26.6. The van der Waals surface area contributed by atoms with Crippen LogP contribution in [0.4, 0.5) is 5.69 Å². The highest BCUT2D eigenvalue weighted by atomic mass is 32.2. The molecule has 0 fully saturated rings. The first-order valence-electron chi connectivity index (χ1n) is 6.97. The number of nitrogens with one attached hydrogen (secondary N) is 3. The van der Waals surface area contributed by atoms with Crippen LogP contribution in [0.25, 0.3) is 0 Å². The zero-order valence-electron chi connectivity index (χ0n) is 13.2. The molecule has 0 aliphatic rings. The van der Waals surface area contributed by atoms with Crippen LogP contribution in [0.5, 0.6) is 0 Å². The van der Waals surface area contributed by atoms with E-state index in [0.717, 1.165) is 6.07 Å². The van der Waals surface area contributed by atoms with Crippen LogP contribution in [-0.2, 0) is 10.0 Å². The topological polar surface area (TPSA) is 126 Å². The smallest absolute Gasteiger partial charge is 0.270 e. The van der Waals surface area contributed by atoms with E-state index in [1.165, 1.54) is 18.2 Å². The summed E-state index contributed by atoms with van der Waals surface area (Å²) in [6, 6.07) is 5.10. The summed E-state index contributed by atoms with van der Waals surface area (Å²) >= 11 is 0. The summed E-state index contributed by atoms with van der Waals surface area (Å²) in [5.74, 6) is 0.564. The van der Waals surface area contributed by atoms with Gasteiger partial charge < -0.3 is 10.6 Å². The van der Waals surface area contributed by atoms with Crippen LogP contribution in [0.2, 0.25) is 0 Å². The maximum Gasteiger partial charge on any atom is 0.270 e. The first kappa shape index (κ1) is 18.8. The van der Waals surface area contributed by atoms with Crippen molar-refractivity contribution in [3.05, 3.63) is 34.4 Å². The Morgan fingerprint density at radius 1 is 1.35 bits per heavy atom. The van der Waals surface area contributed by atoms with Crippen molar-refractivity contribution in [2.75, 3.05) is 20.1 Å². The van der Waals surface area contributed by atoms with Gasteiger partial charge in [-0.15, -0.1) is 0 Å². The maximum absolute atomic E-state index is 12.1. The van der Waals surface area contributed by atoms with Crippen molar-refractivity contribution in [2.45, 2.75) is 24.8 Å². The van der Waals surface area contributed by atoms with Crippen molar-refractivity contribution < 1.29 is 13.3 Å². The van der Waals surface area contributed by atoms with E-state index < -0.39 is 14.9 Å². The van der Waals surface area contributed by atoms with Gasteiger partial charge in [0.2, 0.25) is 10.0 Å². The Bertz CT molecular complexity index is 673. The van der Waals surface area contributed by atoms with Gasteiger partial charge in [0, 0.05) is 38.3 Å². The van der Waals surface area contributed by atoms with E-state index in [4.69, 9.17) is 0 Å². The predicted octanol–water partition coefficient (Wildman–Crippen LogP) is 0.447. The van der Waals surface area contributed by atoms with Gasteiger partial charge in [0.05, 0.1) is 9.82 Å². The zero-order valence-corrected chi connectivity index (χ0v) is 14.1. The van der Waals surface area contributed by atoms with Gasteiger partial charge >= 0.3 is 0 Å². The van der Waals surface area contributed by atoms with Crippen molar-refractivity contribution in [3.8, 4) is 0 Å². The predicted molar refractivity (Wildman–Crippen MR) is 87.9 cm³/mol. The molecule has 0 heterocycles. The Kier molecular flexibility index (Phi) is 6.91. The molecule has 0 aromatic heterocycles. The molecule has 0 aliphatic heterocycles. The molecule has 9 nitrogen and oxygen atoms in total. The highest BCUT2D eigenvalue weighted by Crippen LogP contribution is 2.16. The van der Waals surface area contributed by atoms with Gasteiger partial charge in [-0.05, 0) is 19.9 Å². The summed E-state index contributed by atoms with van der Waals surface area (Å²) in [7, 11) is -2.18. The Hall–Kier alpha value is -2.20. The number of nitro groups is 1. The van der Waals surface area contributed by atoms with E-state index in [1.807, 2.05) is 13.8 Å². The second-order valence-corrected chi connectivity index (χ2v) is 6.72. The minimum atomic E-state index is -3.80. The first-order chi connectivity index (χ1) is 10.8. The van der Waals surface area contributed by atoms with Crippen LogP contribution < -0.4 is 15.4 Å². The molecular weight excluding hydrogens is 322 g/mol. The van der Waals surface area contributed by atoms with E-state index in [-0.39, 0.29) is 23.2 Å². The van der Waals surface area contributed by atoms with Crippen LogP contribution in [-0.4, -0.2) is 45.5 Å². The molecule has 128 valence electrons. The number of non-ortho nitro benzene ring substituents is 1. The highest BCUT2D eigenvalue weighted by molar-refractivity contribution is 7.89. The van der Waals surface area contributed by atoms with Gasteiger partial charge in [0.25, 0.3) is 5.69 Å². The largest absolute Gasteiger partial charge is 0.355 e. The van der Waals surface area contributed by atoms with Crippen molar-refractivity contribution in [1.29, 1.82) is 0 Å². The van der Waals surface area contributed by atoms with Gasteiger partial charge in [0.1, 0.15) is 0 Å². The molecule has 0 atom stereocenters. The standard InChI is InChI=1S/C13H21N5O4S/c1-10(2)17-13(14-3)15-7-8-16-23(21,22)12-6-4-5-11(9-12)18(19)20/h4-6,9-10,16H,7-8H2,1-3H3,(H2,14,15,17). The third-order valence-electron chi connectivity index (χ3n) is 2.70. The fraction of sp³-hybridized carbons (Fsp3) is 0.462. The molecule has 23 heavy (non-hydrogen) atoms. The molecule has 1 aromatic carbocycles. The van der Waals surface area contributed by atoms with E-state index >= 15 is 0 Å². The van der Waals surface area contributed by atoms with E-state index in [9.17, 15) is 18.5 Å². The number of nitro benzene ring substituents is 1. The Morgan fingerprint density at radius 3 is 2.61 bits per heavy atom. The quantitative estimate of drug-likeness (QED) is 0.217. The normalized spacial score (nSPS) is 12.3. The first-order valence-corrected chi connectivity index (χ1v) is 8.46. The van der Waals surface area contributed by atoms with Crippen LogP contribution >= 0.6 is 0 Å². The Labute approximate surface area is 135 Å². The number of hydrogen-bond donors (Lipinski definition) is 3. The summed E-state index contributed by atoms with van der Waals surface area (Å²) in [6.45, 7) is 4.35. The Morgan fingerprint density at radius 2 is 2.04 bits per heavy atom. The lowest BCUT2D eigenvalue weighted by Gasteiger charge is -2.14. The second-order valence-electron chi connectivity index (χ2n) is 4.95. The monoisotopic (exact) mass is 343 g/mol. The maximum atomic E-state index is 12.1. The minimum Gasteiger partial charge on any atom is -0.355 e. The molecule has 0 aliphatic carbocycles. The van der Waals surface area contributed by atoms with Crippen LogP contribution in [0.3, 0.4) is 0 Å². The lowest BCUT2D eigenvalue weighted by Crippen LogP contribution is -2.43. The van der Waals surface area contributed by atoms with Gasteiger partial charge in [-0.2, -0.15) is 0 Å². The average Bonchev–Trinajstić information content (AvgIpc) is 2.50. The molecular formula is C13H21N5O4S. The van der Waals surface area contributed by atoms with Gasteiger partial charge in [0.15, 0.2) is 5.96 Å². The van der Waals surface area contributed by atoms with Gasteiger partial charge in [-0.3, -0.25) is 15.1 Å². The van der Waals surface area contributed by atoms with Gasteiger partial charge in [-0.25, -0.2) is 13.1 Å². The fourth-order valence-corrected chi connectivity index (χ4v) is 2.75. The number of benzene rings is 1. The van der Waals surface area contributed by atoms with Crippen molar-refractivity contribution in [3.63, 3.8) is 0 Å². The van der Waals surface area contributed by atoms with E-state index in [0.29, 0.717) is 12.5 Å². The summed E-state index contributed by atoms with van der Waals surface area (Å²) in [6.07, 6.45) is 0. The SMILES string of the molecule is CN=C(NCCNS(=O)(=O)c1cccc([N+](=O)[O-])c1)NC(C)C. The summed E-state index contributed by atoms with van der Waals surface area (Å²) in [4.78, 5) is 13.9. The third kappa shape index (κ3) is 6.20. The fourth-order valence-electron chi connectivity index (χ4n) is 1.68. The number of guanidine groups is 1. The number of aliphatic imine (C=N–C) groups is 1. The number of hydrogen-bond acceptors (Lipinski definition) is 5. The van der Waals surface area contributed by atoms with Crippen LogP contribution in [0.15, 0.2) is 34.2 Å². The third-order valence-corrected chi connectivity index (χ3v) is 4.16. The lowest BCUT2D eigenvalue weighted by molar-refractivity contribution is -0.385. The van der Waals surface area contributed by atoms with Crippen LogP contribution in [0.1, 0.15) is 13.8 Å². The van der Waals surface area contributed by atoms with Crippen molar-refractivity contribution in [1.82, 2.24) is 15.4 Å². The molecule has 0 bridgehead atoms. The van der Waals surface area contributed by atoms with Crippen LogP contribution in [0, 0.1) is 10.1 Å².